The van der Waals surface area contributed by atoms with E-state index in [-0.39, 0.29) is 18.0 Å². The molecular weight excluding hydrogens is 478 g/mol. The molecule has 0 radical (unpaired) electrons. The summed E-state index contributed by atoms with van der Waals surface area (Å²) in [5.74, 6) is 1.61. The van der Waals surface area contributed by atoms with Crippen LogP contribution in [0.25, 0.3) is 0 Å². The maximum absolute atomic E-state index is 13.1. The van der Waals surface area contributed by atoms with Gasteiger partial charge in [0.25, 0.3) is 5.91 Å². The minimum atomic E-state index is -0.266. The van der Waals surface area contributed by atoms with Gasteiger partial charge in [-0.25, -0.2) is 4.98 Å². The number of piperidine rings is 1. The third kappa shape index (κ3) is 5.14. The third-order valence-electron chi connectivity index (χ3n) is 6.77. The average Bonchev–Trinajstić information content (AvgIpc) is 3.17. The summed E-state index contributed by atoms with van der Waals surface area (Å²) in [5, 5.41) is 6.77. The summed E-state index contributed by atoms with van der Waals surface area (Å²) < 4.78 is 5.24. The first-order valence-electron chi connectivity index (χ1n) is 12.1. The number of fused-ring (bicyclic) bond motifs is 2. The van der Waals surface area contributed by atoms with Crippen molar-refractivity contribution in [3.8, 4) is 5.75 Å². The Morgan fingerprint density at radius 2 is 1.83 bits per heavy atom. The van der Waals surface area contributed by atoms with Crippen LogP contribution in [-0.2, 0) is 17.9 Å². The molecule has 2 N–H and O–H groups in total. The van der Waals surface area contributed by atoms with Crippen molar-refractivity contribution in [3.63, 3.8) is 0 Å². The van der Waals surface area contributed by atoms with Crippen molar-refractivity contribution in [2.24, 2.45) is 0 Å². The lowest BCUT2D eigenvalue weighted by Crippen LogP contribution is -2.44. The molecule has 2 bridgehead atoms. The molecule has 0 spiro atoms. The molecule has 5 rings (SSSR count). The second-order valence-electron chi connectivity index (χ2n) is 9.16. The molecular formula is C27H28ClN5O3. The fourth-order valence-electron chi connectivity index (χ4n) is 4.97. The van der Waals surface area contributed by atoms with Gasteiger partial charge >= 0.3 is 0 Å². The first-order valence-corrected chi connectivity index (χ1v) is 12.4. The number of ketones is 1. The van der Waals surface area contributed by atoms with Gasteiger partial charge in [-0.3, -0.25) is 9.59 Å². The summed E-state index contributed by atoms with van der Waals surface area (Å²) in [6, 6.07) is 15.5. The number of carbonyl (C=O) groups is 2. The number of rotatable bonds is 8. The highest BCUT2D eigenvalue weighted by molar-refractivity contribution is 6.32. The van der Waals surface area contributed by atoms with E-state index in [1.54, 1.807) is 19.4 Å². The van der Waals surface area contributed by atoms with E-state index in [2.05, 4.69) is 20.5 Å². The van der Waals surface area contributed by atoms with Crippen LogP contribution >= 0.6 is 11.6 Å². The Labute approximate surface area is 215 Å². The molecule has 3 heterocycles. The zero-order valence-electron chi connectivity index (χ0n) is 20.0. The van der Waals surface area contributed by atoms with Gasteiger partial charge in [-0.15, -0.1) is 0 Å². The van der Waals surface area contributed by atoms with E-state index in [1.807, 2.05) is 42.5 Å². The summed E-state index contributed by atoms with van der Waals surface area (Å²) in [4.78, 5) is 36.7. The SMILES string of the molecule is COc1ccc(CNc2nc(N3C4CCC3CC(=O)C4)ncc2C(=O)NCc2ccccc2)cc1Cl. The molecule has 2 aliphatic heterocycles. The van der Waals surface area contributed by atoms with Gasteiger partial charge in [0.05, 0.1) is 12.1 Å². The number of halogens is 1. The molecule has 36 heavy (non-hydrogen) atoms. The van der Waals surface area contributed by atoms with Crippen molar-refractivity contribution in [1.29, 1.82) is 0 Å². The van der Waals surface area contributed by atoms with E-state index >= 15 is 0 Å². The number of nitrogens with one attached hydrogen (secondary N) is 2. The second-order valence-corrected chi connectivity index (χ2v) is 9.57. The molecule has 2 saturated heterocycles. The normalized spacial score (nSPS) is 18.7. The summed E-state index contributed by atoms with van der Waals surface area (Å²) in [7, 11) is 1.57. The van der Waals surface area contributed by atoms with Crippen molar-refractivity contribution in [2.75, 3.05) is 17.3 Å². The molecule has 2 aliphatic rings. The van der Waals surface area contributed by atoms with E-state index in [0.717, 1.165) is 24.0 Å². The number of benzene rings is 2. The number of Topliss-reactive ketones (excluding diaryl/α,β-unsaturated/α-hetero) is 1. The lowest BCUT2D eigenvalue weighted by atomic mass is 10.0. The average molecular weight is 506 g/mol. The first-order chi connectivity index (χ1) is 17.5. The van der Waals surface area contributed by atoms with E-state index in [1.165, 1.54) is 0 Å². The maximum Gasteiger partial charge on any atom is 0.256 e. The van der Waals surface area contributed by atoms with Crippen LogP contribution in [0.1, 0.15) is 47.2 Å². The Balaban J connectivity index is 1.40. The predicted molar refractivity (Wildman–Crippen MR) is 139 cm³/mol. The fraction of sp³-hybridized carbons (Fsp3) is 0.333. The minimum absolute atomic E-state index is 0.113. The summed E-state index contributed by atoms with van der Waals surface area (Å²) in [6.45, 7) is 0.803. The monoisotopic (exact) mass is 505 g/mol. The Morgan fingerprint density at radius 1 is 1.08 bits per heavy atom. The van der Waals surface area contributed by atoms with E-state index in [0.29, 0.717) is 59.8 Å². The smallest absolute Gasteiger partial charge is 0.256 e. The number of nitrogens with zero attached hydrogens (tertiary/aromatic N) is 3. The zero-order chi connectivity index (χ0) is 25.1. The lowest BCUT2D eigenvalue weighted by Gasteiger charge is -2.34. The molecule has 0 aliphatic carbocycles. The van der Waals surface area contributed by atoms with Gasteiger partial charge in [0.15, 0.2) is 0 Å². The van der Waals surface area contributed by atoms with Crippen LogP contribution in [0.5, 0.6) is 5.75 Å². The largest absolute Gasteiger partial charge is 0.495 e. The third-order valence-corrected chi connectivity index (χ3v) is 7.07. The van der Waals surface area contributed by atoms with Crippen molar-refractivity contribution in [3.05, 3.63) is 76.4 Å². The molecule has 2 aromatic carbocycles. The van der Waals surface area contributed by atoms with Crippen molar-refractivity contribution >= 4 is 35.1 Å². The number of methoxy groups -OCH3 is 1. The molecule has 8 nitrogen and oxygen atoms in total. The quantitative estimate of drug-likeness (QED) is 0.469. The van der Waals surface area contributed by atoms with E-state index in [9.17, 15) is 9.59 Å². The van der Waals surface area contributed by atoms with Gasteiger partial charge in [-0.2, -0.15) is 4.98 Å². The summed E-state index contributed by atoms with van der Waals surface area (Å²) in [5.41, 5.74) is 2.27. The maximum atomic E-state index is 13.1. The first kappa shape index (κ1) is 24.1. The minimum Gasteiger partial charge on any atom is -0.495 e. The van der Waals surface area contributed by atoms with Crippen LogP contribution < -0.4 is 20.3 Å². The van der Waals surface area contributed by atoms with Crippen LogP contribution in [-0.4, -0.2) is 40.9 Å². The molecule has 0 saturated carbocycles. The van der Waals surface area contributed by atoms with Gasteiger partial charge in [0.1, 0.15) is 22.9 Å². The number of hydrogen-bond donors (Lipinski definition) is 2. The van der Waals surface area contributed by atoms with Crippen LogP contribution in [0, 0.1) is 0 Å². The lowest BCUT2D eigenvalue weighted by molar-refractivity contribution is -0.120. The number of aromatic nitrogens is 2. The second kappa shape index (κ2) is 10.5. The van der Waals surface area contributed by atoms with Crippen LogP contribution in [0.2, 0.25) is 5.02 Å². The molecule has 2 fully saturated rings. The van der Waals surface area contributed by atoms with Crippen molar-refractivity contribution in [2.45, 2.75) is 50.9 Å². The van der Waals surface area contributed by atoms with Gasteiger partial charge in [-0.1, -0.05) is 48.0 Å². The number of anilines is 2. The Morgan fingerprint density at radius 3 is 2.53 bits per heavy atom. The van der Waals surface area contributed by atoms with Crippen molar-refractivity contribution < 1.29 is 14.3 Å². The van der Waals surface area contributed by atoms with E-state index < -0.39 is 0 Å². The molecule has 1 amide bonds. The van der Waals surface area contributed by atoms with Gasteiger partial charge in [0.2, 0.25) is 5.95 Å². The van der Waals surface area contributed by atoms with Crippen molar-refractivity contribution in [1.82, 2.24) is 15.3 Å². The number of carbonyl (C=O) groups excluding carboxylic acids is 2. The topological polar surface area (TPSA) is 96.4 Å². The number of amides is 1. The fourth-order valence-corrected chi connectivity index (χ4v) is 5.25. The molecule has 3 aromatic rings. The molecule has 2 unspecified atom stereocenters. The van der Waals surface area contributed by atoms with E-state index in [4.69, 9.17) is 21.3 Å². The highest BCUT2D eigenvalue weighted by Gasteiger charge is 2.41. The molecule has 1 aromatic heterocycles. The van der Waals surface area contributed by atoms with Gasteiger partial charge in [0, 0.05) is 44.2 Å². The summed E-state index contributed by atoms with van der Waals surface area (Å²) >= 11 is 6.29. The van der Waals surface area contributed by atoms with Gasteiger partial charge in [-0.05, 0) is 36.1 Å². The predicted octanol–water partition coefficient (Wildman–Crippen LogP) is 4.38. The summed E-state index contributed by atoms with van der Waals surface area (Å²) in [6.07, 6.45) is 4.51. The van der Waals surface area contributed by atoms with Gasteiger partial charge < -0.3 is 20.3 Å². The highest BCUT2D eigenvalue weighted by atomic mass is 35.5. The van der Waals surface area contributed by atoms with Crippen LogP contribution in [0.15, 0.2) is 54.7 Å². The standard InChI is InChI=1S/C27H28ClN5O3/c1-36-24-10-7-18(11-23(24)28)15-29-25-22(26(35)30-14-17-5-3-2-4-6-17)16-31-27(32-25)33-19-8-9-20(33)13-21(34)12-19/h2-7,10-11,16,19-20H,8-9,12-15H2,1H3,(H,30,35)(H,29,31,32). The molecule has 9 heteroatoms. The Hall–Kier alpha value is -3.65. The molecule has 186 valence electrons. The number of hydrogen-bond acceptors (Lipinski definition) is 7. The number of ether oxygens (including phenoxy) is 1. The van der Waals surface area contributed by atoms with Crippen LogP contribution in [0.4, 0.5) is 11.8 Å². The molecule has 2 atom stereocenters. The van der Waals surface area contributed by atoms with Crippen LogP contribution in [0.3, 0.4) is 0 Å². The Bertz CT molecular complexity index is 1250. The highest BCUT2D eigenvalue weighted by Crippen LogP contribution is 2.37. The zero-order valence-corrected chi connectivity index (χ0v) is 20.8. The Kier molecular flexibility index (Phi) is 7.04.